The van der Waals surface area contributed by atoms with Crippen molar-refractivity contribution in [1.29, 1.82) is 0 Å². The number of hydrogen-bond acceptors (Lipinski definition) is 9. The van der Waals surface area contributed by atoms with Gasteiger partial charge >= 0.3 is 0 Å². The number of rotatable bonds is 22. The Labute approximate surface area is 211 Å². The highest BCUT2D eigenvalue weighted by Gasteiger charge is 2.47. The van der Waals surface area contributed by atoms with Crippen LogP contribution in [0.15, 0.2) is 0 Å². The number of unbranched alkanes of at least 4 members (excludes halogenated alkanes) is 2. The lowest BCUT2D eigenvalue weighted by atomic mass is 9.65. The average molecular weight is 499 g/mol. The van der Waals surface area contributed by atoms with Crippen molar-refractivity contribution in [3.05, 3.63) is 0 Å². The van der Waals surface area contributed by atoms with Gasteiger partial charge in [-0.05, 0) is 50.4 Å². The van der Waals surface area contributed by atoms with Crippen LogP contribution in [0, 0.1) is 22.7 Å². The molecule has 0 saturated heterocycles. The number of Topliss-reactive ketones (excluding diaryl/α,β-unsaturated/α-hetero) is 4. The van der Waals surface area contributed by atoms with E-state index in [4.69, 9.17) is 27.7 Å². The van der Waals surface area contributed by atoms with E-state index in [1.54, 1.807) is 0 Å². The third-order valence-electron chi connectivity index (χ3n) is 7.86. The molecule has 9 heteroatoms. The summed E-state index contributed by atoms with van der Waals surface area (Å²) in [5.74, 6) is -1.24. The predicted molar refractivity (Wildman–Crippen MR) is 139 cm³/mol. The Kier molecular flexibility index (Phi) is 16.3. The second-order valence-corrected chi connectivity index (χ2v) is 9.60. The molecule has 9 nitrogen and oxygen atoms in total. The van der Waals surface area contributed by atoms with Crippen LogP contribution in [0.5, 0.6) is 0 Å². The lowest BCUT2D eigenvalue weighted by Gasteiger charge is -2.36. The normalized spacial score (nSPS) is 13.9. The first-order valence-corrected chi connectivity index (χ1v) is 13.1. The Morgan fingerprint density at radius 3 is 1.11 bits per heavy atom. The van der Waals surface area contributed by atoms with Gasteiger partial charge in [-0.25, -0.2) is 0 Å². The standard InChI is InChI=1S/C26H50N4O5/c1-5-19(3)25(21(31)15-27,22(32)16-28)11-7-9-13-35-14-10-8-12-26(20(4)6-2,23(33)17-29)24(34)18-30/h19-20H,5-18,27-30H2,1-4H3. The van der Waals surface area contributed by atoms with Gasteiger partial charge in [-0.3, -0.25) is 19.2 Å². The van der Waals surface area contributed by atoms with Crippen LogP contribution in [0.1, 0.15) is 79.1 Å². The van der Waals surface area contributed by atoms with Gasteiger partial charge in [-0.1, -0.05) is 40.5 Å². The third kappa shape index (κ3) is 8.25. The quantitative estimate of drug-likeness (QED) is 0.127. The molecule has 0 aromatic heterocycles. The lowest BCUT2D eigenvalue weighted by Crippen LogP contribution is -2.50. The Morgan fingerprint density at radius 1 is 0.600 bits per heavy atom. The van der Waals surface area contributed by atoms with Crippen LogP contribution in [0.2, 0.25) is 0 Å². The van der Waals surface area contributed by atoms with Gasteiger partial charge in [-0.2, -0.15) is 0 Å². The zero-order valence-corrected chi connectivity index (χ0v) is 22.4. The van der Waals surface area contributed by atoms with E-state index >= 15 is 0 Å². The minimum atomic E-state index is -1.12. The van der Waals surface area contributed by atoms with Crippen LogP contribution in [0.4, 0.5) is 0 Å². The third-order valence-corrected chi connectivity index (χ3v) is 7.86. The number of carbonyl (C=O) groups excluding carboxylic acids is 4. The van der Waals surface area contributed by atoms with Crippen LogP contribution >= 0.6 is 0 Å². The van der Waals surface area contributed by atoms with Gasteiger partial charge in [0.2, 0.25) is 0 Å². The molecule has 0 fully saturated rings. The number of ketones is 4. The van der Waals surface area contributed by atoms with Crippen LogP contribution in [0.3, 0.4) is 0 Å². The van der Waals surface area contributed by atoms with E-state index in [1.807, 2.05) is 27.7 Å². The van der Waals surface area contributed by atoms with Gasteiger partial charge in [0.1, 0.15) is 0 Å². The number of nitrogens with two attached hydrogens (primary N) is 4. The first kappa shape index (κ1) is 33.5. The summed E-state index contributed by atoms with van der Waals surface area (Å²) < 4.78 is 5.75. The van der Waals surface area contributed by atoms with Gasteiger partial charge in [0.05, 0.1) is 37.0 Å². The number of ether oxygens (including phenoxy) is 1. The minimum Gasteiger partial charge on any atom is -0.381 e. The van der Waals surface area contributed by atoms with Crippen molar-refractivity contribution in [3.63, 3.8) is 0 Å². The molecule has 0 saturated carbocycles. The summed E-state index contributed by atoms with van der Waals surface area (Å²) in [4.78, 5) is 50.7. The van der Waals surface area contributed by atoms with Crippen molar-refractivity contribution >= 4 is 23.1 Å². The molecule has 204 valence electrons. The molecule has 0 aromatic carbocycles. The Balaban J connectivity index is 4.79. The van der Waals surface area contributed by atoms with Gasteiger partial charge < -0.3 is 27.7 Å². The van der Waals surface area contributed by atoms with Crippen LogP contribution in [-0.2, 0) is 23.9 Å². The number of carbonyl (C=O) groups is 4. The molecule has 0 rings (SSSR count). The highest BCUT2D eigenvalue weighted by molar-refractivity contribution is 6.09. The molecule has 0 aromatic rings. The summed E-state index contributed by atoms with van der Waals surface area (Å²) in [6.45, 7) is 7.99. The Bertz CT molecular complexity index is 595. The van der Waals surface area contributed by atoms with Crippen LogP contribution < -0.4 is 22.9 Å². The zero-order valence-electron chi connectivity index (χ0n) is 22.4. The summed E-state index contributed by atoms with van der Waals surface area (Å²) in [7, 11) is 0. The maximum Gasteiger partial charge on any atom is 0.160 e. The van der Waals surface area contributed by atoms with Gasteiger partial charge in [0.15, 0.2) is 23.1 Å². The molecule has 2 atom stereocenters. The lowest BCUT2D eigenvalue weighted by molar-refractivity contribution is -0.145. The molecule has 0 bridgehead atoms. The van der Waals surface area contributed by atoms with Crippen molar-refractivity contribution in [2.45, 2.75) is 79.1 Å². The summed E-state index contributed by atoms with van der Waals surface area (Å²) in [6, 6.07) is 0. The molecule has 35 heavy (non-hydrogen) atoms. The Morgan fingerprint density at radius 2 is 0.886 bits per heavy atom. The van der Waals surface area contributed by atoms with E-state index in [9.17, 15) is 19.2 Å². The molecule has 0 heterocycles. The fourth-order valence-corrected chi connectivity index (χ4v) is 5.20. The zero-order chi connectivity index (χ0) is 27.1. The molecule has 0 spiro atoms. The van der Waals surface area contributed by atoms with Gasteiger partial charge in [0.25, 0.3) is 0 Å². The van der Waals surface area contributed by atoms with Gasteiger partial charge in [-0.15, -0.1) is 0 Å². The highest BCUT2D eigenvalue weighted by Crippen LogP contribution is 2.38. The van der Waals surface area contributed by atoms with E-state index in [0.29, 0.717) is 64.6 Å². The monoisotopic (exact) mass is 498 g/mol. The van der Waals surface area contributed by atoms with Crippen LogP contribution in [-0.4, -0.2) is 62.5 Å². The molecule has 0 radical (unpaired) electrons. The first-order valence-electron chi connectivity index (χ1n) is 13.1. The fourth-order valence-electron chi connectivity index (χ4n) is 5.20. The van der Waals surface area contributed by atoms with Crippen LogP contribution in [0.25, 0.3) is 0 Å². The summed E-state index contributed by atoms with van der Waals surface area (Å²) in [5.41, 5.74) is 20.3. The topological polar surface area (TPSA) is 182 Å². The molecule has 2 unspecified atom stereocenters. The first-order chi connectivity index (χ1) is 16.6. The van der Waals surface area contributed by atoms with E-state index in [0.717, 1.165) is 0 Å². The van der Waals surface area contributed by atoms with Crippen molar-refractivity contribution in [3.8, 4) is 0 Å². The fraction of sp³-hybridized carbons (Fsp3) is 0.846. The largest absolute Gasteiger partial charge is 0.381 e. The van der Waals surface area contributed by atoms with E-state index in [-0.39, 0.29) is 61.1 Å². The van der Waals surface area contributed by atoms with Crippen molar-refractivity contribution in [2.75, 3.05) is 39.4 Å². The summed E-state index contributed by atoms with van der Waals surface area (Å²) in [6.07, 6.45) is 4.89. The van der Waals surface area contributed by atoms with Crippen molar-refractivity contribution < 1.29 is 23.9 Å². The molecule has 0 aliphatic carbocycles. The smallest absolute Gasteiger partial charge is 0.160 e. The Hall–Kier alpha value is -1.52. The molecular weight excluding hydrogens is 448 g/mol. The highest BCUT2D eigenvalue weighted by atomic mass is 16.5. The second kappa shape index (κ2) is 17.0. The van der Waals surface area contributed by atoms with E-state index in [2.05, 4.69) is 0 Å². The molecule has 8 N–H and O–H groups in total. The molecule has 0 aliphatic rings. The SMILES string of the molecule is CCC(C)C(CCCCOCCCCC(C(=O)CN)(C(=O)CN)C(C)CC)(C(=O)CN)C(=O)CN. The van der Waals surface area contributed by atoms with Crippen molar-refractivity contribution in [1.82, 2.24) is 0 Å². The van der Waals surface area contributed by atoms with E-state index < -0.39 is 10.8 Å². The predicted octanol–water partition coefficient (Wildman–Crippen LogP) is 1.52. The maximum atomic E-state index is 12.7. The second-order valence-electron chi connectivity index (χ2n) is 9.60. The maximum absolute atomic E-state index is 12.7. The van der Waals surface area contributed by atoms with E-state index in [1.165, 1.54) is 0 Å². The molecule has 0 amide bonds. The van der Waals surface area contributed by atoms with Gasteiger partial charge in [0, 0.05) is 13.2 Å². The van der Waals surface area contributed by atoms with Crippen molar-refractivity contribution in [2.24, 2.45) is 45.6 Å². The molecule has 0 aliphatic heterocycles. The summed E-state index contributed by atoms with van der Waals surface area (Å²) in [5, 5.41) is 0. The number of hydrogen-bond donors (Lipinski definition) is 4. The summed E-state index contributed by atoms with van der Waals surface area (Å²) >= 11 is 0. The average Bonchev–Trinajstić information content (AvgIpc) is 2.89. The molecular formula is C26H50N4O5. The minimum absolute atomic E-state index is 0.131.